The summed E-state index contributed by atoms with van der Waals surface area (Å²) >= 11 is 0. The molecule has 0 unspecified atom stereocenters. The van der Waals surface area contributed by atoms with Crippen LogP contribution in [0.2, 0.25) is 0 Å². The summed E-state index contributed by atoms with van der Waals surface area (Å²) in [6, 6.07) is 15.3. The Labute approximate surface area is 258 Å². The number of carbonyl (C=O) groups is 1. The van der Waals surface area contributed by atoms with E-state index in [1.54, 1.807) is 12.1 Å². The van der Waals surface area contributed by atoms with Crippen molar-refractivity contribution in [3.63, 3.8) is 0 Å². The number of aromatic nitrogens is 2. The third kappa shape index (κ3) is 5.33. The van der Waals surface area contributed by atoms with E-state index in [1.807, 2.05) is 41.3 Å². The van der Waals surface area contributed by atoms with Crippen molar-refractivity contribution in [2.75, 3.05) is 22.4 Å². The summed E-state index contributed by atoms with van der Waals surface area (Å²) in [4.78, 5) is 20.9. The number of halogens is 1. The number of anilines is 2. The van der Waals surface area contributed by atoms with Gasteiger partial charge in [0.25, 0.3) is 0 Å². The second-order valence-electron chi connectivity index (χ2n) is 14.7. The fraction of sp³-hybridized carbons (Fsp3) is 0.559. The molecule has 4 bridgehead atoms. The third-order valence-electron chi connectivity index (χ3n) is 10.9. The molecule has 1 heterocycles. The van der Waals surface area contributed by atoms with E-state index in [2.05, 4.69) is 23.7 Å². The Morgan fingerprint density at radius 1 is 0.977 bits per heavy atom. The van der Waals surface area contributed by atoms with Crippen molar-refractivity contribution in [1.29, 1.82) is 0 Å². The van der Waals surface area contributed by atoms with E-state index < -0.39 is 15.7 Å². The molecule has 3 aromatic rings. The highest BCUT2D eigenvalue weighted by Gasteiger charge is 2.69. The Morgan fingerprint density at radius 3 is 2.20 bits per heavy atom. The van der Waals surface area contributed by atoms with Gasteiger partial charge in [0.2, 0.25) is 21.8 Å². The number of sulfonamides is 1. The highest BCUT2D eigenvalue weighted by Crippen LogP contribution is 2.71. The standard InChI is InChI=1S/C34H41FN4O4S/c1-23(2)29-36-30(43-37-29)33-14-11-31(12-15-33,13-16-33)22-39(28(40)18-32-19-34(35,20-32)21-32)27-6-4-5-25(17-27)24-7-9-26(10-8-24)38-44(3,41)42/h4-10,17,23,38H,11-16,18-22H2,1-3H3. The van der Waals surface area contributed by atoms with Gasteiger partial charge >= 0.3 is 0 Å². The van der Waals surface area contributed by atoms with Crippen LogP contribution in [0.3, 0.4) is 0 Å². The van der Waals surface area contributed by atoms with Gasteiger partial charge in [-0.1, -0.05) is 43.3 Å². The van der Waals surface area contributed by atoms with Gasteiger partial charge in [-0.3, -0.25) is 9.52 Å². The molecule has 8 nitrogen and oxygen atoms in total. The van der Waals surface area contributed by atoms with E-state index in [4.69, 9.17) is 9.51 Å². The molecular weight excluding hydrogens is 579 g/mol. The van der Waals surface area contributed by atoms with Gasteiger partial charge in [0.05, 0.1) is 6.26 Å². The van der Waals surface area contributed by atoms with Crippen LogP contribution >= 0.6 is 0 Å². The molecule has 0 spiro atoms. The molecule has 6 aliphatic rings. The fourth-order valence-electron chi connectivity index (χ4n) is 8.43. The maximum Gasteiger partial charge on any atom is 0.232 e. The Hall–Kier alpha value is -3.27. The monoisotopic (exact) mass is 620 g/mol. The Balaban J connectivity index is 1.13. The predicted octanol–water partition coefficient (Wildman–Crippen LogP) is 7.14. The largest absolute Gasteiger partial charge is 0.339 e. The number of nitrogens with zero attached hydrogens (tertiary/aromatic N) is 3. The molecule has 1 amide bonds. The van der Waals surface area contributed by atoms with Crippen LogP contribution in [0, 0.1) is 10.8 Å². The molecule has 234 valence electrons. The zero-order chi connectivity index (χ0) is 31.0. The molecule has 0 atom stereocenters. The molecule has 0 radical (unpaired) electrons. The maximum atomic E-state index is 14.4. The third-order valence-corrected chi connectivity index (χ3v) is 11.5. The van der Waals surface area contributed by atoms with Crippen molar-refractivity contribution >= 4 is 27.3 Å². The number of hydrogen-bond donors (Lipinski definition) is 1. The summed E-state index contributed by atoms with van der Waals surface area (Å²) in [5, 5.41) is 4.24. The maximum absolute atomic E-state index is 14.4. The quantitative estimate of drug-likeness (QED) is 0.258. The average molecular weight is 621 g/mol. The topological polar surface area (TPSA) is 105 Å². The summed E-state index contributed by atoms with van der Waals surface area (Å²) < 4.78 is 45.9. The van der Waals surface area contributed by atoms with Crippen molar-refractivity contribution in [3.05, 3.63) is 60.2 Å². The van der Waals surface area contributed by atoms with Crippen LogP contribution < -0.4 is 9.62 Å². The van der Waals surface area contributed by atoms with Crippen LogP contribution in [0.1, 0.15) is 95.7 Å². The smallest absolute Gasteiger partial charge is 0.232 e. The van der Waals surface area contributed by atoms with Crippen LogP contribution in [-0.4, -0.2) is 42.9 Å². The molecule has 6 saturated carbocycles. The molecule has 2 aromatic carbocycles. The van der Waals surface area contributed by atoms with Crippen molar-refractivity contribution in [2.24, 2.45) is 10.8 Å². The van der Waals surface area contributed by atoms with E-state index in [0.29, 0.717) is 37.9 Å². The Kier molecular flexibility index (Phi) is 6.77. The molecule has 0 saturated heterocycles. The highest BCUT2D eigenvalue weighted by atomic mass is 32.2. The number of fused-ring (bicyclic) bond motifs is 3. The molecule has 0 aliphatic heterocycles. The lowest BCUT2D eigenvalue weighted by atomic mass is 9.41. The normalized spacial score (nSPS) is 30.5. The molecule has 6 fully saturated rings. The van der Waals surface area contributed by atoms with Gasteiger partial charge in [-0.2, -0.15) is 4.98 Å². The van der Waals surface area contributed by atoms with E-state index in [9.17, 15) is 17.6 Å². The second-order valence-corrected chi connectivity index (χ2v) is 16.5. The summed E-state index contributed by atoms with van der Waals surface area (Å²) in [5.41, 5.74) is 1.94. The van der Waals surface area contributed by atoms with Gasteiger partial charge in [-0.15, -0.1) is 0 Å². The lowest BCUT2D eigenvalue weighted by Crippen LogP contribution is -2.65. The zero-order valence-electron chi connectivity index (χ0n) is 25.7. The van der Waals surface area contributed by atoms with Crippen LogP contribution in [0.15, 0.2) is 53.1 Å². The number of hydrogen-bond acceptors (Lipinski definition) is 6. The Bertz CT molecular complexity index is 1660. The van der Waals surface area contributed by atoms with Crippen LogP contribution in [0.4, 0.5) is 15.8 Å². The molecular formula is C34H41FN4O4S. The number of benzene rings is 2. The number of rotatable bonds is 10. The minimum atomic E-state index is -3.37. The first-order chi connectivity index (χ1) is 20.8. The molecule has 9 rings (SSSR count). The molecule has 10 heteroatoms. The average Bonchev–Trinajstić information content (AvgIpc) is 3.47. The number of alkyl halides is 1. The fourth-order valence-corrected chi connectivity index (χ4v) is 8.99. The SMILES string of the molecule is CC(C)c1noc(C23CCC(CN(C(=O)CC45CC(F)(C4)C5)c4cccc(-c5ccc(NS(C)(=O)=O)cc5)c4)(CC2)CC3)n1. The van der Waals surface area contributed by atoms with E-state index in [1.165, 1.54) is 0 Å². The van der Waals surface area contributed by atoms with Crippen molar-refractivity contribution in [2.45, 2.75) is 95.1 Å². The number of amides is 1. The molecule has 6 aliphatic carbocycles. The number of carbonyl (C=O) groups excluding carboxylic acids is 1. The van der Waals surface area contributed by atoms with E-state index in [0.717, 1.165) is 73.3 Å². The van der Waals surface area contributed by atoms with Gasteiger partial charge in [-0.05, 0) is 104 Å². The minimum absolute atomic E-state index is 0.00795. The van der Waals surface area contributed by atoms with Crippen LogP contribution in [0.5, 0.6) is 0 Å². The van der Waals surface area contributed by atoms with E-state index in [-0.39, 0.29) is 28.1 Å². The minimum Gasteiger partial charge on any atom is -0.339 e. The van der Waals surface area contributed by atoms with Gasteiger partial charge in [-0.25, -0.2) is 12.8 Å². The molecule has 44 heavy (non-hydrogen) atoms. The zero-order valence-corrected chi connectivity index (χ0v) is 26.6. The summed E-state index contributed by atoms with van der Waals surface area (Å²) in [5.74, 6) is 1.84. The van der Waals surface area contributed by atoms with Gasteiger partial charge < -0.3 is 9.42 Å². The highest BCUT2D eigenvalue weighted by molar-refractivity contribution is 7.92. The second kappa shape index (κ2) is 10.1. The molecule has 1 aromatic heterocycles. The van der Waals surface area contributed by atoms with Gasteiger partial charge in [0, 0.05) is 35.7 Å². The van der Waals surface area contributed by atoms with E-state index >= 15 is 0 Å². The van der Waals surface area contributed by atoms with Crippen LogP contribution in [-0.2, 0) is 20.2 Å². The van der Waals surface area contributed by atoms with Crippen molar-refractivity contribution in [1.82, 2.24) is 10.1 Å². The lowest BCUT2D eigenvalue weighted by Gasteiger charge is -2.66. The first-order valence-corrected chi connectivity index (χ1v) is 17.7. The molecule has 1 N–H and O–H groups in total. The van der Waals surface area contributed by atoms with Gasteiger partial charge in [0.15, 0.2) is 5.82 Å². The summed E-state index contributed by atoms with van der Waals surface area (Å²) in [7, 11) is -3.37. The first kappa shape index (κ1) is 29.4. The summed E-state index contributed by atoms with van der Waals surface area (Å²) in [6.45, 7) is 4.79. The summed E-state index contributed by atoms with van der Waals surface area (Å²) in [6.07, 6.45) is 8.90. The van der Waals surface area contributed by atoms with Crippen molar-refractivity contribution in [3.8, 4) is 11.1 Å². The number of nitrogens with one attached hydrogen (secondary N) is 1. The predicted molar refractivity (Wildman–Crippen MR) is 168 cm³/mol. The van der Waals surface area contributed by atoms with Gasteiger partial charge in [0.1, 0.15) is 5.67 Å². The first-order valence-electron chi connectivity index (χ1n) is 15.8. The Morgan fingerprint density at radius 2 is 1.64 bits per heavy atom. The van der Waals surface area contributed by atoms with Crippen molar-refractivity contribution < 1.29 is 22.1 Å². The lowest BCUT2D eigenvalue weighted by molar-refractivity contribution is -0.215. The van der Waals surface area contributed by atoms with Crippen LogP contribution in [0.25, 0.3) is 11.1 Å².